The van der Waals surface area contributed by atoms with E-state index in [1.807, 2.05) is 20.8 Å². The van der Waals surface area contributed by atoms with Gasteiger partial charge >= 0.3 is 40.1 Å². The van der Waals surface area contributed by atoms with E-state index < -0.39 is 18.9 Å². The number of fused-ring (bicyclic) bond motifs is 3. The third-order valence-electron chi connectivity index (χ3n) is 2.84. The van der Waals surface area contributed by atoms with E-state index in [1.54, 1.807) is 0 Å². The molecule has 158 valence electrons. The minimum atomic E-state index is -1.85. The molecule has 0 heterocycles. The quantitative estimate of drug-likeness (QED) is 0.381. The van der Waals surface area contributed by atoms with Gasteiger partial charge in [-0.25, -0.2) is 0 Å². The number of aliphatic hydroxyl groups excluding tert-OH is 2. The summed E-state index contributed by atoms with van der Waals surface area (Å²) in [4.78, 5) is 0. The molecule has 0 saturated heterocycles. The van der Waals surface area contributed by atoms with Gasteiger partial charge < -0.3 is 23.4 Å². The van der Waals surface area contributed by atoms with Gasteiger partial charge in [0.15, 0.2) is 0 Å². The van der Waals surface area contributed by atoms with Crippen LogP contribution in [0, 0.1) is 7.43 Å². The normalized spacial score (nSPS) is 9.71. The third-order valence-corrected chi connectivity index (χ3v) is 2.84. The molecule has 0 aliphatic rings. The maximum absolute atomic E-state index is 7.91. The van der Waals surface area contributed by atoms with Gasteiger partial charge in [-0.3, -0.25) is 0 Å². The van der Waals surface area contributed by atoms with Crippen LogP contribution in [-0.4, -0.2) is 33.2 Å². The van der Waals surface area contributed by atoms with Gasteiger partial charge in [0.2, 0.25) is 0 Å². The van der Waals surface area contributed by atoms with Crippen molar-refractivity contribution in [2.24, 2.45) is 0 Å². The van der Waals surface area contributed by atoms with Crippen molar-refractivity contribution in [3.05, 3.63) is 67.8 Å². The Morgan fingerprint density at radius 2 is 1.21 bits per heavy atom. The first-order valence-electron chi connectivity index (χ1n) is 8.60. The first kappa shape index (κ1) is 29.7. The van der Waals surface area contributed by atoms with E-state index in [-0.39, 0.29) is 26.2 Å². The number of halogens is 2. The van der Waals surface area contributed by atoms with Crippen LogP contribution >= 0.6 is 17.0 Å². The summed E-state index contributed by atoms with van der Waals surface area (Å²) in [5.74, 6) is 0. The largest absolute Gasteiger partial charge is 0.358 e. The smallest absolute Gasteiger partial charge is 0.0771 e. The van der Waals surface area contributed by atoms with Crippen LogP contribution in [0.2, 0.25) is 0 Å². The fourth-order valence-corrected chi connectivity index (χ4v) is 1.97. The maximum atomic E-state index is 7.91. The van der Waals surface area contributed by atoms with Gasteiger partial charge in [0.05, 0.1) is 0 Å². The Morgan fingerprint density at radius 1 is 0.929 bits per heavy atom. The van der Waals surface area contributed by atoms with Crippen LogP contribution in [-0.2, 0) is 18.9 Å². The number of benzene rings is 2. The number of rotatable bonds is 2. The summed E-state index contributed by atoms with van der Waals surface area (Å²) in [6.07, 6.45) is 0.500. The predicted molar refractivity (Wildman–Crippen MR) is 125 cm³/mol. The predicted octanol–water partition coefficient (Wildman–Crippen LogP) is 6.70. The molecular formula is C22H32Cl2NO2Zr-3. The fourth-order valence-electron chi connectivity index (χ4n) is 1.97. The maximum Gasteiger partial charge on any atom is -0.0771 e. The van der Waals surface area contributed by atoms with Gasteiger partial charge in [-0.2, -0.15) is 0 Å². The van der Waals surface area contributed by atoms with Gasteiger partial charge in [-0.1, -0.05) is 57.2 Å². The SMILES string of the molecule is CC(C)(C)[NH-].OCCCO.[CH2]=[Zr]([Cl])[Cl].[CH3-].c1ccc2c(c1)[cH-]c1ccccc12. The van der Waals surface area contributed by atoms with Gasteiger partial charge in [0.1, 0.15) is 0 Å². The summed E-state index contributed by atoms with van der Waals surface area (Å²) in [5, 5.41) is 21.2. The van der Waals surface area contributed by atoms with E-state index in [0.29, 0.717) is 6.42 Å². The average molecular weight is 505 g/mol. The summed E-state index contributed by atoms with van der Waals surface area (Å²) in [5.41, 5.74) is 6.69. The van der Waals surface area contributed by atoms with E-state index in [4.69, 9.17) is 33.0 Å². The van der Waals surface area contributed by atoms with Crippen molar-refractivity contribution >= 4 is 42.8 Å². The van der Waals surface area contributed by atoms with Crippen molar-refractivity contribution in [3.63, 3.8) is 0 Å². The summed E-state index contributed by atoms with van der Waals surface area (Å²) in [6, 6.07) is 19.3. The minimum Gasteiger partial charge on any atom is -0.358 e. The summed E-state index contributed by atoms with van der Waals surface area (Å²) in [6.45, 7) is 5.75. The van der Waals surface area contributed by atoms with Crippen molar-refractivity contribution in [2.45, 2.75) is 32.7 Å². The molecule has 0 bridgehead atoms. The fraction of sp³-hybridized carbons (Fsp3) is 0.318. The molecule has 3 rings (SSSR count). The number of nitrogens with one attached hydrogen (secondary N) is 1. The summed E-state index contributed by atoms with van der Waals surface area (Å²) in [7, 11) is 10.3. The molecule has 0 aliphatic heterocycles. The molecule has 0 radical (unpaired) electrons. The second kappa shape index (κ2) is 16.3. The number of aliphatic hydroxyl groups is 2. The van der Waals surface area contributed by atoms with E-state index in [9.17, 15) is 0 Å². The first-order valence-corrected chi connectivity index (χ1v) is 16.7. The molecule has 0 aliphatic carbocycles. The Labute approximate surface area is 184 Å². The van der Waals surface area contributed by atoms with Crippen molar-refractivity contribution in [1.82, 2.24) is 0 Å². The van der Waals surface area contributed by atoms with Crippen LogP contribution in [0.5, 0.6) is 0 Å². The first-order chi connectivity index (χ1) is 12.6. The zero-order chi connectivity index (χ0) is 20.9. The molecule has 3 aromatic rings. The zero-order valence-corrected chi connectivity index (χ0v) is 21.1. The molecular weight excluding hydrogens is 472 g/mol. The van der Waals surface area contributed by atoms with E-state index in [2.05, 4.69) is 58.8 Å². The van der Waals surface area contributed by atoms with Gasteiger partial charge in [-0.15, -0.1) is 45.3 Å². The van der Waals surface area contributed by atoms with Gasteiger partial charge in [-0.05, 0) is 6.42 Å². The van der Waals surface area contributed by atoms with E-state index >= 15 is 0 Å². The Hall–Kier alpha value is -0.477. The molecule has 0 aromatic heterocycles. The van der Waals surface area contributed by atoms with Crippen molar-refractivity contribution in [3.8, 4) is 0 Å². The molecule has 0 spiro atoms. The van der Waals surface area contributed by atoms with Crippen LogP contribution in [0.3, 0.4) is 0 Å². The molecule has 0 fully saturated rings. The van der Waals surface area contributed by atoms with Crippen LogP contribution in [0.15, 0.2) is 54.6 Å². The molecule has 3 aromatic carbocycles. The molecule has 6 heteroatoms. The van der Waals surface area contributed by atoms with Crippen LogP contribution in [0.25, 0.3) is 27.3 Å². The molecule has 3 N–H and O–H groups in total. The van der Waals surface area contributed by atoms with Crippen molar-refractivity contribution < 1.29 is 29.1 Å². The van der Waals surface area contributed by atoms with E-state index in [1.165, 1.54) is 21.5 Å². The Morgan fingerprint density at radius 3 is 1.46 bits per heavy atom. The molecule has 0 amide bonds. The summed E-state index contributed by atoms with van der Waals surface area (Å²) < 4.78 is 3.37. The van der Waals surface area contributed by atoms with Gasteiger partial charge in [0, 0.05) is 13.2 Å². The molecule has 28 heavy (non-hydrogen) atoms. The van der Waals surface area contributed by atoms with Crippen molar-refractivity contribution in [1.29, 1.82) is 0 Å². The van der Waals surface area contributed by atoms with Gasteiger partial charge in [0.25, 0.3) is 0 Å². The Balaban J connectivity index is 0. The van der Waals surface area contributed by atoms with Crippen LogP contribution in [0.1, 0.15) is 27.2 Å². The molecule has 0 atom stereocenters. The average Bonchev–Trinajstić information content (AvgIpc) is 2.93. The second-order valence-corrected chi connectivity index (χ2v) is 14.9. The van der Waals surface area contributed by atoms with Crippen LogP contribution in [0.4, 0.5) is 0 Å². The number of hydrogen-bond acceptors (Lipinski definition) is 2. The minimum absolute atomic E-state index is 0. The van der Waals surface area contributed by atoms with Crippen molar-refractivity contribution in [2.75, 3.05) is 13.2 Å². The monoisotopic (exact) mass is 502 g/mol. The molecule has 3 nitrogen and oxygen atoms in total. The number of hydrogen-bond donors (Lipinski definition) is 2. The molecule has 0 unspecified atom stereocenters. The second-order valence-electron chi connectivity index (χ2n) is 6.71. The summed E-state index contributed by atoms with van der Waals surface area (Å²) >= 11 is -1.85. The third kappa shape index (κ3) is 15.4. The molecule has 0 saturated carbocycles. The Bertz CT molecular complexity index is 735. The topological polar surface area (TPSA) is 64.3 Å². The zero-order valence-electron chi connectivity index (χ0n) is 17.2. The van der Waals surface area contributed by atoms with E-state index in [0.717, 1.165) is 0 Å². The van der Waals surface area contributed by atoms with Crippen LogP contribution < -0.4 is 0 Å². The Kier molecular flexibility index (Phi) is 17.3. The standard InChI is InChI=1S/C13H9.C4H10N.C3H8O2.CH3.CH2.2ClH.Zr/c1-3-7-12-10(5-1)9-11-6-2-4-8-13(11)12;1-4(2,3)5;4-2-1-3-5;;;;;/h1-9H;5H,1-3H3;4-5H,1-3H2;1H3;1H2;2*1H;/q2*-1;;-1;;;;+2/p-2.